The minimum absolute atomic E-state index is 0.352. The van der Waals surface area contributed by atoms with Crippen LogP contribution in [0.25, 0.3) is 0 Å². The van der Waals surface area contributed by atoms with Crippen molar-refractivity contribution < 1.29 is 5.11 Å². The Bertz CT molecular complexity index is 193. The molecule has 0 saturated heterocycles. The molecule has 0 spiro atoms. The van der Waals surface area contributed by atoms with Crippen molar-refractivity contribution in [2.24, 2.45) is 0 Å². The molecule has 1 aromatic carbocycles. The van der Waals surface area contributed by atoms with Gasteiger partial charge in [-0.2, -0.15) is 0 Å². The van der Waals surface area contributed by atoms with E-state index in [1.807, 2.05) is 12.1 Å². The first-order valence-electron chi connectivity index (χ1n) is 3.36. The molecule has 1 N–H and O–H groups in total. The normalized spacial score (nSPS) is 10.9. The predicted molar refractivity (Wildman–Crippen MR) is 46.6 cm³/mol. The van der Waals surface area contributed by atoms with Crippen LogP contribution in [0.4, 0.5) is 0 Å². The van der Waals surface area contributed by atoms with Gasteiger partial charge in [0.15, 0.2) is 0 Å². The molecular formula is C8H11OP. The van der Waals surface area contributed by atoms with E-state index in [9.17, 15) is 0 Å². The summed E-state index contributed by atoms with van der Waals surface area (Å²) in [5.74, 6) is 0.352. The van der Waals surface area contributed by atoms with Crippen LogP contribution in [0.5, 0.6) is 5.75 Å². The monoisotopic (exact) mass is 154 g/mol. The van der Waals surface area contributed by atoms with Crippen LogP contribution in [-0.4, -0.2) is 11.3 Å². The molecule has 10 heavy (non-hydrogen) atoms. The van der Waals surface area contributed by atoms with E-state index in [0.717, 1.165) is 8.58 Å². The zero-order chi connectivity index (χ0) is 7.40. The molecule has 0 heterocycles. The lowest BCUT2D eigenvalue weighted by Crippen LogP contribution is -1.91. The summed E-state index contributed by atoms with van der Waals surface area (Å²) in [5, 5.41) is 10.2. The van der Waals surface area contributed by atoms with Gasteiger partial charge in [0.2, 0.25) is 0 Å². The lowest BCUT2D eigenvalue weighted by molar-refractivity contribution is 0.475. The molecule has 0 aliphatic carbocycles. The summed E-state index contributed by atoms with van der Waals surface area (Å²) in [4.78, 5) is 0. The van der Waals surface area contributed by atoms with Gasteiger partial charge in [0.25, 0.3) is 0 Å². The molecular weight excluding hydrogens is 143 g/mol. The summed E-state index contributed by atoms with van der Waals surface area (Å²) in [7, 11) is 0.872. The van der Waals surface area contributed by atoms with Crippen molar-refractivity contribution in [1.82, 2.24) is 0 Å². The molecule has 2 heteroatoms. The van der Waals surface area contributed by atoms with Crippen LogP contribution < -0.4 is 5.30 Å². The number of hydrogen-bond acceptors (Lipinski definition) is 1. The second-order valence-corrected chi connectivity index (χ2v) is 3.72. The SMILES string of the molecule is CCPc1ccc(O)cc1. The Hall–Kier alpha value is -0.550. The molecule has 0 radical (unpaired) electrons. The quantitative estimate of drug-likeness (QED) is 0.643. The van der Waals surface area contributed by atoms with Gasteiger partial charge in [-0.1, -0.05) is 27.6 Å². The van der Waals surface area contributed by atoms with Gasteiger partial charge in [0.1, 0.15) is 5.75 Å². The second-order valence-electron chi connectivity index (χ2n) is 2.08. The minimum atomic E-state index is 0.352. The van der Waals surface area contributed by atoms with Crippen LogP contribution in [0.15, 0.2) is 24.3 Å². The lowest BCUT2D eigenvalue weighted by atomic mass is 10.3. The van der Waals surface area contributed by atoms with E-state index >= 15 is 0 Å². The Labute approximate surface area is 62.9 Å². The van der Waals surface area contributed by atoms with Gasteiger partial charge in [0, 0.05) is 0 Å². The molecule has 0 aromatic heterocycles. The minimum Gasteiger partial charge on any atom is -0.508 e. The van der Waals surface area contributed by atoms with Crippen LogP contribution >= 0.6 is 8.58 Å². The van der Waals surface area contributed by atoms with E-state index in [-0.39, 0.29) is 0 Å². The lowest BCUT2D eigenvalue weighted by Gasteiger charge is -1.96. The molecule has 1 nitrogen and oxygen atoms in total. The Kier molecular flexibility index (Phi) is 2.70. The van der Waals surface area contributed by atoms with E-state index in [1.165, 1.54) is 11.5 Å². The van der Waals surface area contributed by atoms with E-state index < -0.39 is 0 Å². The number of phenolic OH excluding ortho intramolecular Hbond substituents is 1. The third-order valence-corrected chi connectivity index (χ3v) is 2.34. The summed E-state index contributed by atoms with van der Waals surface area (Å²) in [6, 6.07) is 7.41. The number of rotatable bonds is 2. The summed E-state index contributed by atoms with van der Waals surface area (Å²) in [5.41, 5.74) is 0. The van der Waals surface area contributed by atoms with E-state index in [2.05, 4.69) is 6.92 Å². The van der Waals surface area contributed by atoms with E-state index in [4.69, 9.17) is 5.11 Å². The van der Waals surface area contributed by atoms with E-state index in [0.29, 0.717) is 5.75 Å². The van der Waals surface area contributed by atoms with Gasteiger partial charge in [-0.05, 0) is 23.6 Å². The smallest absolute Gasteiger partial charge is 0.115 e. The van der Waals surface area contributed by atoms with Crippen molar-refractivity contribution >= 4 is 13.9 Å². The Balaban J connectivity index is 2.69. The summed E-state index contributed by atoms with van der Waals surface area (Å²) >= 11 is 0. The zero-order valence-corrected chi connectivity index (χ0v) is 6.96. The summed E-state index contributed by atoms with van der Waals surface area (Å²) in [6.07, 6.45) is 1.19. The van der Waals surface area contributed by atoms with Crippen molar-refractivity contribution in [1.29, 1.82) is 0 Å². The maximum Gasteiger partial charge on any atom is 0.115 e. The third kappa shape index (κ3) is 2.00. The first kappa shape index (κ1) is 7.56. The van der Waals surface area contributed by atoms with Crippen molar-refractivity contribution in [2.45, 2.75) is 6.92 Å². The molecule has 0 fully saturated rings. The molecule has 0 bridgehead atoms. The highest BCUT2D eigenvalue weighted by Crippen LogP contribution is 2.11. The second kappa shape index (κ2) is 3.58. The average molecular weight is 154 g/mol. The molecule has 1 rings (SSSR count). The molecule has 1 unspecified atom stereocenters. The molecule has 0 saturated carbocycles. The van der Waals surface area contributed by atoms with Gasteiger partial charge >= 0.3 is 0 Å². The number of aromatic hydroxyl groups is 1. The van der Waals surface area contributed by atoms with Gasteiger partial charge in [-0.25, -0.2) is 0 Å². The fraction of sp³-hybridized carbons (Fsp3) is 0.250. The topological polar surface area (TPSA) is 20.2 Å². The van der Waals surface area contributed by atoms with Gasteiger partial charge in [-0.15, -0.1) is 0 Å². The highest BCUT2D eigenvalue weighted by Gasteiger charge is 1.89. The predicted octanol–water partition coefficient (Wildman–Crippen LogP) is 1.72. The van der Waals surface area contributed by atoms with Crippen molar-refractivity contribution in [2.75, 3.05) is 6.16 Å². The molecule has 0 amide bonds. The highest BCUT2D eigenvalue weighted by molar-refractivity contribution is 7.47. The highest BCUT2D eigenvalue weighted by atomic mass is 31.1. The molecule has 0 aliphatic rings. The number of phenols is 1. The standard InChI is InChI=1S/C8H11OP/c1-2-10-8-5-3-7(9)4-6-8/h3-6,9-10H,2H2,1H3. The van der Waals surface area contributed by atoms with Gasteiger partial charge in [-0.3, -0.25) is 0 Å². The van der Waals surface area contributed by atoms with Crippen LogP contribution in [-0.2, 0) is 0 Å². The Morgan fingerprint density at radius 2 is 1.90 bits per heavy atom. The zero-order valence-electron chi connectivity index (χ0n) is 5.96. The van der Waals surface area contributed by atoms with Gasteiger partial charge in [0.05, 0.1) is 0 Å². The van der Waals surface area contributed by atoms with Gasteiger partial charge < -0.3 is 5.11 Å². The summed E-state index contributed by atoms with van der Waals surface area (Å²) < 4.78 is 0. The largest absolute Gasteiger partial charge is 0.508 e. The van der Waals surface area contributed by atoms with Crippen molar-refractivity contribution in [3.63, 3.8) is 0 Å². The molecule has 1 atom stereocenters. The molecule has 1 aromatic rings. The maximum atomic E-state index is 8.93. The fourth-order valence-corrected chi connectivity index (χ4v) is 1.59. The van der Waals surface area contributed by atoms with Crippen molar-refractivity contribution in [3.8, 4) is 5.75 Å². The Morgan fingerprint density at radius 1 is 1.30 bits per heavy atom. The first-order valence-corrected chi connectivity index (χ1v) is 4.56. The molecule has 0 aliphatic heterocycles. The third-order valence-electron chi connectivity index (χ3n) is 1.25. The van der Waals surface area contributed by atoms with Crippen molar-refractivity contribution in [3.05, 3.63) is 24.3 Å². The molecule has 54 valence electrons. The fourth-order valence-electron chi connectivity index (χ4n) is 0.783. The van der Waals surface area contributed by atoms with Crippen LogP contribution in [0.3, 0.4) is 0 Å². The average Bonchev–Trinajstić information content (AvgIpc) is 1.95. The van der Waals surface area contributed by atoms with E-state index in [1.54, 1.807) is 12.1 Å². The Morgan fingerprint density at radius 3 is 2.40 bits per heavy atom. The maximum absolute atomic E-state index is 8.93. The van der Waals surface area contributed by atoms with Crippen LogP contribution in [0.1, 0.15) is 6.92 Å². The number of hydrogen-bond donors (Lipinski definition) is 1. The first-order chi connectivity index (χ1) is 4.83. The van der Waals surface area contributed by atoms with Crippen LogP contribution in [0, 0.1) is 0 Å². The summed E-state index contributed by atoms with van der Waals surface area (Å²) in [6.45, 7) is 2.16. The van der Waals surface area contributed by atoms with Crippen LogP contribution in [0.2, 0.25) is 0 Å². The number of benzene rings is 1.